The number of nitrogens with one attached hydrogen (secondary N) is 1. The molecule has 1 N–H and O–H groups in total. The van der Waals surface area contributed by atoms with E-state index in [1.807, 2.05) is 0 Å². The van der Waals surface area contributed by atoms with Crippen LogP contribution in [0, 0.1) is 0 Å². The number of amides is 1. The highest BCUT2D eigenvalue weighted by Crippen LogP contribution is 2.29. The van der Waals surface area contributed by atoms with Crippen molar-refractivity contribution in [1.29, 1.82) is 0 Å². The molecule has 0 bridgehead atoms. The number of ether oxygens (including phenoxy) is 2. The van der Waals surface area contributed by atoms with Crippen LogP contribution in [0.3, 0.4) is 0 Å². The van der Waals surface area contributed by atoms with Crippen LogP contribution >= 0.6 is 0 Å². The fourth-order valence-electron chi connectivity index (χ4n) is 1.62. The Morgan fingerprint density at radius 2 is 1.91 bits per heavy atom. The number of carbonyl (C=O) groups excluding carboxylic acids is 1. The third-order valence-electron chi connectivity index (χ3n) is 2.53. The number of alkyl carbamates (subject to hydrolysis) is 1. The topological polar surface area (TPSA) is 47.6 Å². The predicted molar refractivity (Wildman–Crippen MR) is 79.4 cm³/mol. The molecular weight excluding hydrogens is 298 g/mol. The molecule has 0 aliphatic carbocycles. The van der Waals surface area contributed by atoms with Crippen molar-refractivity contribution < 1.29 is 27.4 Å². The molecule has 0 aliphatic heterocycles. The van der Waals surface area contributed by atoms with E-state index in [4.69, 9.17) is 9.47 Å². The van der Waals surface area contributed by atoms with Gasteiger partial charge >= 0.3 is 12.3 Å². The van der Waals surface area contributed by atoms with Gasteiger partial charge in [-0.3, -0.25) is 0 Å². The van der Waals surface area contributed by atoms with Crippen molar-refractivity contribution in [3.05, 3.63) is 23.8 Å². The van der Waals surface area contributed by atoms with Crippen molar-refractivity contribution in [2.45, 2.75) is 32.5 Å². The van der Waals surface area contributed by atoms with Crippen molar-refractivity contribution in [3.63, 3.8) is 0 Å². The highest BCUT2D eigenvalue weighted by Gasteiger charge is 2.30. The van der Waals surface area contributed by atoms with E-state index in [1.165, 1.54) is 13.9 Å². The molecule has 0 spiro atoms. The number of halogens is 3. The number of alkyl halides is 3. The van der Waals surface area contributed by atoms with Gasteiger partial charge in [-0.25, -0.2) is 4.79 Å². The molecule has 0 saturated heterocycles. The Morgan fingerprint density at radius 1 is 1.27 bits per heavy atom. The van der Waals surface area contributed by atoms with Crippen LogP contribution in [0.25, 0.3) is 0 Å². The van der Waals surface area contributed by atoms with Gasteiger partial charge in [-0.1, -0.05) is 6.07 Å². The second-order valence-corrected chi connectivity index (χ2v) is 5.76. The van der Waals surface area contributed by atoms with Gasteiger partial charge in [0.1, 0.15) is 25.8 Å². The van der Waals surface area contributed by atoms with Crippen LogP contribution < -0.4 is 15.5 Å². The van der Waals surface area contributed by atoms with Crippen LogP contribution in [0.1, 0.15) is 26.3 Å². The summed E-state index contributed by atoms with van der Waals surface area (Å²) in [5.41, 5.74) is -0.925. The van der Waals surface area contributed by atoms with E-state index in [1.54, 1.807) is 20.8 Å². The van der Waals surface area contributed by atoms with Crippen molar-refractivity contribution in [2.75, 3.05) is 13.2 Å². The molecule has 0 unspecified atom stereocenters. The summed E-state index contributed by atoms with van der Waals surface area (Å²) >= 11 is 0. The lowest BCUT2D eigenvalue weighted by Crippen LogP contribution is -2.34. The van der Waals surface area contributed by atoms with Gasteiger partial charge in [0.25, 0.3) is 0 Å². The fourth-order valence-corrected chi connectivity index (χ4v) is 1.62. The molecule has 0 aromatic heterocycles. The van der Waals surface area contributed by atoms with Gasteiger partial charge in [0.2, 0.25) is 0 Å². The molecule has 1 aromatic rings. The summed E-state index contributed by atoms with van der Waals surface area (Å²) in [5, 5.41) is 2.50. The van der Waals surface area contributed by atoms with Crippen LogP contribution in [0.5, 0.6) is 5.75 Å². The molecule has 4 nitrogen and oxygen atoms in total. The minimum absolute atomic E-state index is 0.130. The molecule has 0 fully saturated rings. The molecule has 1 rings (SSSR count). The van der Waals surface area contributed by atoms with E-state index in [-0.39, 0.29) is 13.2 Å². The monoisotopic (exact) mass is 317 g/mol. The quantitative estimate of drug-likeness (QED) is 0.681. The first-order valence-electron chi connectivity index (χ1n) is 6.76. The number of carbonyl (C=O) groups is 1. The molecular formula is C14H19BF3NO3. The van der Waals surface area contributed by atoms with Crippen LogP contribution in [-0.2, 0) is 10.9 Å². The normalized spacial score (nSPS) is 11.9. The molecule has 22 heavy (non-hydrogen) atoms. The highest BCUT2D eigenvalue weighted by molar-refractivity contribution is 6.34. The Balaban J connectivity index is 2.45. The SMILES string of the molecule is Bc1cc(C(F)(F)F)ccc1OCCNC(=O)OC(C)(C)C. The first kappa shape index (κ1) is 18.2. The van der Waals surface area contributed by atoms with Gasteiger partial charge in [0, 0.05) is 0 Å². The maximum atomic E-state index is 12.5. The zero-order valence-electron chi connectivity index (χ0n) is 13.0. The summed E-state index contributed by atoms with van der Waals surface area (Å²) < 4.78 is 48.0. The standard InChI is InChI=1S/C14H19BF3NO3/c1-13(2,3)22-12(20)19-6-7-21-11-5-4-9(8-10(11)15)14(16,17)18/h4-5,8H,6-7,15H2,1-3H3,(H,19,20). The van der Waals surface area contributed by atoms with Gasteiger partial charge < -0.3 is 14.8 Å². The summed E-state index contributed by atoms with van der Waals surface area (Å²) in [6, 6.07) is 3.26. The Labute approximate surface area is 128 Å². The highest BCUT2D eigenvalue weighted by atomic mass is 19.4. The summed E-state index contributed by atoms with van der Waals surface area (Å²) in [7, 11) is 1.53. The molecule has 1 aromatic carbocycles. The van der Waals surface area contributed by atoms with Crippen LogP contribution in [0.2, 0.25) is 0 Å². The number of benzene rings is 1. The molecule has 0 atom stereocenters. The largest absolute Gasteiger partial charge is 0.492 e. The average Bonchev–Trinajstić information content (AvgIpc) is 2.32. The zero-order valence-corrected chi connectivity index (χ0v) is 13.0. The summed E-state index contributed by atoms with van der Waals surface area (Å²) in [5.74, 6) is 0.346. The number of hydrogen-bond acceptors (Lipinski definition) is 3. The van der Waals surface area contributed by atoms with Crippen LogP contribution in [-0.4, -0.2) is 32.7 Å². The lowest BCUT2D eigenvalue weighted by atomic mass is 9.93. The van der Waals surface area contributed by atoms with Crippen LogP contribution in [0.4, 0.5) is 18.0 Å². The van der Waals surface area contributed by atoms with Gasteiger partial charge in [-0.15, -0.1) is 0 Å². The van der Waals surface area contributed by atoms with E-state index in [0.29, 0.717) is 11.2 Å². The second-order valence-electron chi connectivity index (χ2n) is 5.76. The molecule has 0 heterocycles. The van der Waals surface area contributed by atoms with Crippen molar-refractivity contribution in [1.82, 2.24) is 5.32 Å². The number of rotatable bonds is 4. The zero-order chi connectivity index (χ0) is 17.0. The molecule has 122 valence electrons. The molecule has 0 saturated carbocycles. The minimum Gasteiger partial charge on any atom is -0.492 e. The Morgan fingerprint density at radius 3 is 2.41 bits per heavy atom. The van der Waals surface area contributed by atoms with Gasteiger partial charge in [-0.2, -0.15) is 13.2 Å². The Bertz CT molecular complexity index is 527. The summed E-state index contributed by atoms with van der Waals surface area (Å²) in [6.07, 6.45) is -4.94. The lowest BCUT2D eigenvalue weighted by Gasteiger charge is -2.19. The lowest BCUT2D eigenvalue weighted by molar-refractivity contribution is -0.137. The molecule has 0 aliphatic rings. The summed E-state index contributed by atoms with van der Waals surface area (Å²) in [4.78, 5) is 11.4. The first-order chi connectivity index (χ1) is 9.99. The Hall–Kier alpha value is -1.86. The smallest absolute Gasteiger partial charge is 0.416 e. The fraction of sp³-hybridized carbons (Fsp3) is 0.500. The number of hydrogen-bond donors (Lipinski definition) is 1. The molecule has 0 radical (unpaired) electrons. The molecule has 1 amide bonds. The van der Waals surface area contributed by atoms with Gasteiger partial charge in [-0.05, 0) is 38.4 Å². The van der Waals surface area contributed by atoms with Crippen molar-refractivity contribution >= 4 is 19.4 Å². The average molecular weight is 317 g/mol. The van der Waals surface area contributed by atoms with Crippen LogP contribution in [0.15, 0.2) is 18.2 Å². The van der Waals surface area contributed by atoms with E-state index >= 15 is 0 Å². The van der Waals surface area contributed by atoms with Gasteiger partial charge in [0.15, 0.2) is 0 Å². The van der Waals surface area contributed by atoms with E-state index in [2.05, 4.69) is 5.32 Å². The van der Waals surface area contributed by atoms with Gasteiger partial charge in [0.05, 0.1) is 12.1 Å². The van der Waals surface area contributed by atoms with E-state index < -0.39 is 23.4 Å². The van der Waals surface area contributed by atoms with E-state index in [9.17, 15) is 18.0 Å². The van der Waals surface area contributed by atoms with Crippen molar-refractivity contribution in [2.24, 2.45) is 0 Å². The minimum atomic E-state index is -4.37. The first-order valence-corrected chi connectivity index (χ1v) is 6.76. The third kappa shape index (κ3) is 6.28. The van der Waals surface area contributed by atoms with Crippen molar-refractivity contribution in [3.8, 4) is 5.75 Å². The van der Waals surface area contributed by atoms with E-state index in [0.717, 1.165) is 12.1 Å². The predicted octanol–water partition coefficient (Wildman–Crippen LogP) is 1.87. The maximum Gasteiger partial charge on any atom is 0.416 e. The third-order valence-corrected chi connectivity index (χ3v) is 2.53. The second kappa shape index (κ2) is 6.94. The molecule has 8 heteroatoms. The summed E-state index contributed by atoms with van der Waals surface area (Å²) in [6.45, 7) is 5.55. The maximum absolute atomic E-state index is 12.5. The Kier molecular flexibility index (Phi) is 5.74.